The van der Waals surface area contributed by atoms with Gasteiger partial charge in [-0.2, -0.15) is 0 Å². The number of carboxylic acids is 1. The Hall–Kier alpha value is -4.13. The Labute approximate surface area is 203 Å². The average Bonchev–Trinajstić information content (AvgIpc) is 3.24. The van der Waals surface area contributed by atoms with Gasteiger partial charge in [0.25, 0.3) is 0 Å². The zero-order chi connectivity index (χ0) is 24.8. The third-order valence-electron chi connectivity index (χ3n) is 5.55. The van der Waals surface area contributed by atoms with Crippen LogP contribution in [0.3, 0.4) is 0 Å². The summed E-state index contributed by atoms with van der Waals surface area (Å²) in [5, 5.41) is 8.92. The van der Waals surface area contributed by atoms with Gasteiger partial charge in [-0.25, -0.2) is 9.37 Å². The highest BCUT2D eigenvalue weighted by Gasteiger charge is 2.13. The first-order valence-corrected chi connectivity index (χ1v) is 11.3. The minimum Gasteiger partial charge on any atom is -0.493 e. The summed E-state index contributed by atoms with van der Waals surface area (Å²) in [6.07, 6.45) is 0.581. The molecular formula is C28H26FNO5. The molecule has 6 nitrogen and oxygen atoms in total. The Morgan fingerprint density at radius 1 is 0.914 bits per heavy atom. The van der Waals surface area contributed by atoms with E-state index in [1.807, 2.05) is 31.2 Å². The van der Waals surface area contributed by atoms with E-state index in [0.717, 1.165) is 28.1 Å². The maximum atomic E-state index is 13.2. The van der Waals surface area contributed by atoms with Crippen molar-refractivity contribution in [1.82, 2.24) is 4.98 Å². The van der Waals surface area contributed by atoms with Gasteiger partial charge in [0.1, 0.15) is 29.7 Å². The topological polar surface area (TPSA) is 81.8 Å². The predicted octanol–water partition coefficient (Wildman–Crippen LogP) is 6.18. The number of nitrogens with zero attached hydrogens (tertiary/aromatic N) is 1. The zero-order valence-electron chi connectivity index (χ0n) is 19.5. The van der Waals surface area contributed by atoms with Crippen molar-refractivity contribution in [3.05, 3.63) is 90.1 Å². The van der Waals surface area contributed by atoms with Crippen molar-refractivity contribution in [1.29, 1.82) is 0 Å². The molecule has 1 unspecified atom stereocenters. The van der Waals surface area contributed by atoms with Crippen LogP contribution in [-0.4, -0.2) is 29.3 Å². The SMILES string of the molecule is Cc1oc(-c2ccc(-c3ccc(F)cc3)cc2)nc1CCOc1ccc(OCC(C)C(=O)O)cc1. The maximum absolute atomic E-state index is 13.2. The van der Waals surface area contributed by atoms with Gasteiger partial charge in [-0.15, -0.1) is 0 Å². The monoisotopic (exact) mass is 475 g/mol. The lowest BCUT2D eigenvalue weighted by atomic mass is 10.0. The lowest BCUT2D eigenvalue weighted by molar-refractivity contribution is -0.142. The second kappa shape index (κ2) is 10.9. The van der Waals surface area contributed by atoms with Crippen molar-refractivity contribution in [2.45, 2.75) is 20.3 Å². The number of oxazole rings is 1. The summed E-state index contributed by atoms with van der Waals surface area (Å²) in [4.78, 5) is 15.5. The van der Waals surface area contributed by atoms with E-state index in [1.54, 1.807) is 43.3 Å². The normalized spacial score (nSPS) is 11.7. The second-order valence-corrected chi connectivity index (χ2v) is 8.23. The molecule has 1 aromatic heterocycles. The molecule has 1 atom stereocenters. The van der Waals surface area contributed by atoms with Gasteiger partial charge in [-0.1, -0.05) is 24.3 Å². The van der Waals surface area contributed by atoms with E-state index in [2.05, 4.69) is 4.98 Å². The molecule has 0 aliphatic rings. The molecule has 0 amide bonds. The van der Waals surface area contributed by atoms with Crippen LogP contribution in [0.25, 0.3) is 22.6 Å². The second-order valence-electron chi connectivity index (χ2n) is 8.23. The average molecular weight is 476 g/mol. The molecule has 0 radical (unpaired) electrons. The number of aromatic nitrogens is 1. The number of halogens is 1. The molecule has 0 saturated carbocycles. The molecule has 180 valence electrons. The van der Waals surface area contributed by atoms with Crippen LogP contribution in [0.2, 0.25) is 0 Å². The van der Waals surface area contributed by atoms with Crippen molar-refractivity contribution in [2.24, 2.45) is 5.92 Å². The number of rotatable bonds is 10. The van der Waals surface area contributed by atoms with Crippen molar-refractivity contribution >= 4 is 5.97 Å². The van der Waals surface area contributed by atoms with Gasteiger partial charge in [0.2, 0.25) is 5.89 Å². The van der Waals surface area contributed by atoms with Gasteiger partial charge in [0.05, 0.1) is 18.2 Å². The zero-order valence-corrected chi connectivity index (χ0v) is 19.5. The Balaban J connectivity index is 1.31. The van der Waals surface area contributed by atoms with Crippen LogP contribution in [0.1, 0.15) is 18.4 Å². The van der Waals surface area contributed by atoms with E-state index >= 15 is 0 Å². The largest absolute Gasteiger partial charge is 0.493 e. The van der Waals surface area contributed by atoms with Gasteiger partial charge in [-0.05, 0) is 73.5 Å². The van der Waals surface area contributed by atoms with Crippen LogP contribution in [0.15, 0.2) is 77.2 Å². The standard InChI is InChI=1S/C28H26FNO5/c1-18(28(31)32)17-34-25-13-11-24(12-14-25)33-16-15-26-19(2)35-27(30-26)22-5-3-20(4-6-22)21-7-9-23(29)10-8-21/h3-14,18H,15-17H2,1-2H3,(H,31,32). The molecule has 35 heavy (non-hydrogen) atoms. The van der Waals surface area contributed by atoms with E-state index in [1.165, 1.54) is 12.1 Å². The van der Waals surface area contributed by atoms with Crippen molar-refractivity contribution in [2.75, 3.05) is 13.2 Å². The number of aliphatic carboxylic acids is 1. The Kier molecular flexibility index (Phi) is 7.45. The number of hydrogen-bond donors (Lipinski definition) is 1. The molecule has 0 aliphatic carbocycles. The number of benzene rings is 3. The number of ether oxygens (including phenoxy) is 2. The van der Waals surface area contributed by atoms with E-state index < -0.39 is 11.9 Å². The summed E-state index contributed by atoms with van der Waals surface area (Å²) in [5.74, 6) is 0.829. The third-order valence-corrected chi connectivity index (χ3v) is 5.55. The summed E-state index contributed by atoms with van der Waals surface area (Å²) in [7, 11) is 0. The summed E-state index contributed by atoms with van der Waals surface area (Å²) < 4.78 is 30.3. The van der Waals surface area contributed by atoms with Crippen LogP contribution in [0.5, 0.6) is 11.5 Å². The minimum absolute atomic E-state index is 0.109. The van der Waals surface area contributed by atoms with E-state index in [0.29, 0.717) is 30.4 Å². The smallest absolute Gasteiger partial charge is 0.309 e. The summed E-state index contributed by atoms with van der Waals surface area (Å²) >= 11 is 0. The molecule has 0 saturated heterocycles. The van der Waals surface area contributed by atoms with Gasteiger partial charge >= 0.3 is 5.97 Å². The number of carboxylic acid groups (broad SMARTS) is 1. The first-order valence-electron chi connectivity index (χ1n) is 11.3. The van der Waals surface area contributed by atoms with Crippen LogP contribution in [0.4, 0.5) is 4.39 Å². The molecule has 0 fully saturated rings. The fraction of sp³-hybridized carbons (Fsp3) is 0.214. The van der Waals surface area contributed by atoms with E-state index in [4.69, 9.17) is 19.0 Å². The maximum Gasteiger partial charge on any atom is 0.309 e. The molecule has 1 N–H and O–H groups in total. The van der Waals surface area contributed by atoms with Gasteiger partial charge < -0.3 is 19.0 Å². The molecule has 4 rings (SSSR count). The predicted molar refractivity (Wildman–Crippen MR) is 130 cm³/mol. The number of aryl methyl sites for hydroxylation is 1. The van der Waals surface area contributed by atoms with Crippen molar-refractivity contribution in [3.8, 4) is 34.1 Å². The molecule has 3 aromatic carbocycles. The highest BCUT2D eigenvalue weighted by Crippen LogP contribution is 2.26. The molecule has 0 bridgehead atoms. The Bertz CT molecular complexity index is 1260. The lowest BCUT2D eigenvalue weighted by Crippen LogP contribution is -2.17. The molecule has 4 aromatic rings. The summed E-state index contributed by atoms with van der Waals surface area (Å²) in [6, 6.07) is 21.2. The fourth-order valence-electron chi connectivity index (χ4n) is 3.42. The molecule has 0 aliphatic heterocycles. The Morgan fingerprint density at radius 3 is 2.06 bits per heavy atom. The van der Waals surface area contributed by atoms with Crippen LogP contribution in [0, 0.1) is 18.7 Å². The highest BCUT2D eigenvalue weighted by molar-refractivity contribution is 5.69. The van der Waals surface area contributed by atoms with Crippen LogP contribution in [-0.2, 0) is 11.2 Å². The van der Waals surface area contributed by atoms with Crippen LogP contribution >= 0.6 is 0 Å². The van der Waals surface area contributed by atoms with Gasteiger partial charge in [0, 0.05) is 12.0 Å². The van der Waals surface area contributed by atoms with Gasteiger partial charge in [-0.3, -0.25) is 4.79 Å². The summed E-state index contributed by atoms with van der Waals surface area (Å²) in [5.41, 5.74) is 3.61. The molecule has 1 heterocycles. The third kappa shape index (κ3) is 6.26. The molecule has 7 heteroatoms. The van der Waals surface area contributed by atoms with Crippen molar-refractivity contribution < 1.29 is 28.2 Å². The first kappa shape index (κ1) is 24.0. The van der Waals surface area contributed by atoms with Crippen molar-refractivity contribution in [3.63, 3.8) is 0 Å². The first-order chi connectivity index (χ1) is 16.9. The van der Waals surface area contributed by atoms with E-state index in [9.17, 15) is 9.18 Å². The molecule has 0 spiro atoms. The van der Waals surface area contributed by atoms with Gasteiger partial charge in [0.15, 0.2) is 0 Å². The number of carbonyl (C=O) groups is 1. The van der Waals surface area contributed by atoms with Crippen LogP contribution < -0.4 is 9.47 Å². The quantitative estimate of drug-likeness (QED) is 0.295. The minimum atomic E-state index is -0.890. The Morgan fingerprint density at radius 2 is 1.46 bits per heavy atom. The number of hydrogen-bond acceptors (Lipinski definition) is 5. The fourth-order valence-corrected chi connectivity index (χ4v) is 3.42. The summed E-state index contributed by atoms with van der Waals surface area (Å²) in [6.45, 7) is 4.01. The molecular weight excluding hydrogens is 449 g/mol. The highest BCUT2D eigenvalue weighted by atomic mass is 19.1. The van der Waals surface area contributed by atoms with E-state index in [-0.39, 0.29) is 12.4 Å². The lowest BCUT2D eigenvalue weighted by Gasteiger charge is -2.10.